The molecule has 2 aliphatic rings. The Morgan fingerprint density at radius 1 is 1.12 bits per heavy atom. The van der Waals surface area contributed by atoms with Gasteiger partial charge in [-0.1, -0.05) is 25.4 Å². The van der Waals surface area contributed by atoms with Gasteiger partial charge in [0.15, 0.2) is 5.78 Å². The Morgan fingerprint density at radius 2 is 1.81 bits per heavy atom. The number of anilines is 2. The van der Waals surface area contributed by atoms with E-state index in [0.29, 0.717) is 6.42 Å². The molecule has 2 aromatic rings. The Kier molecular flexibility index (Phi) is 4.16. The minimum Gasteiger partial charge on any atom is -0.372 e. The van der Waals surface area contributed by atoms with Gasteiger partial charge in [-0.3, -0.25) is 4.79 Å². The third kappa shape index (κ3) is 3.06. The molecule has 4 rings (SSSR count). The van der Waals surface area contributed by atoms with Gasteiger partial charge in [-0.2, -0.15) is 0 Å². The normalized spacial score (nSPS) is 21.4. The summed E-state index contributed by atoms with van der Waals surface area (Å²) in [5, 5.41) is 7.21. The van der Waals surface area contributed by atoms with Crippen molar-refractivity contribution < 1.29 is 4.79 Å². The predicted octanol–water partition coefficient (Wildman–Crippen LogP) is 6.24. The molecule has 2 heterocycles. The summed E-state index contributed by atoms with van der Waals surface area (Å²) in [5.41, 5.74) is 6.39. The average Bonchev–Trinajstić information content (AvgIpc) is 2.89. The van der Waals surface area contributed by atoms with E-state index in [2.05, 4.69) is 50.5 Å². The maximum atomic E-state index is 13.1. The Bertz CT molecular complexity index is 941. The third-order valence-electron chi connectivity index (χ3n) is 5.31. The molecule has 0 saturated heterocycles. The Morgan fingerprint density at radius 3 is 2.46 bits per heavy atom. The van der Waals surface area contributed by atoms with Crippen molar-refractivity contribution in [2.45, 2.75) is 46.6 Å². The number of thiophene rings is 1. The number of nitrogens with one attached hydrogen (secondary N) is 2. The van der Waals surface area contributed by atoms with Crippen LogP contribution in [0.1, 0.15) is 48.7 Å². The Balaban J connectivity index is 1.90. The van der Waals surface area contributed by atoms with Crippen LogP contribution in [0.25, 0.3) is 0 Å². The molecule has 3 nitrogen and oxygen atoms in total. The van der Waals surface area contributed by atoms with Crippen molar-refractivity contribution in [3.63, 3.8) is 0 Å². The number of hydrogen-bond donors (Lipinski definition) is 2. The zero-order valence-electron chi connectivity index (χ0n) is 15.5. The van der Waals surface area contributed by atoms with Crippen LogP contribution in [0.15, 0.2) is 35.5 Å². The van der Waals surface area contributed by atoms with E-state index in [1.807, 2.05) is 12.1 Å². The van der Waals surface area contributed by atoms with Crippen molar-refractivity contribution in [2.75, 3.05) is 10.6 Å². The third-order valence-corrected chi connectivity index (χ3v) is 6.60. The summed E-state index contributed by atoms with van der Waals surface area (Å²) in [6, 6.07) is 8.09. The molecule has 5 heteroatoms. The van der Waals surface area contributed by atoms with Crippen molar-refractivity contribution in [3.05, 3.63) is 55.9 Å². The number of carbonyl (C=O) groups excluding carboxylic acids is 1. The van der Waals surface area contributed by atoms with Crippen LogP contribution in [0.4, 0.5) is 11.4 Å². The topological polar surface area (TPSA) is 41.1 Å². The Labute approximate surface area is 163 Å². The number of ketones is 1. The molecule has 0 unspecified atom stereocenters. The van der Waals surface area contributed by atoms with Crippen LogP contribution < -0.4 is 10.6 Å². The number of halogens is 1. The zero-order valence-corrected chi connectivity index (χ0v) is 17.1. The zero-order chi connectivity index (χ0) is 18.6. The standard InChI is InChI=1S/C21H23ClN2OS/c1-11-7-13-14(8-12(11)2)24-20(17-5-6-18(22)26-17)19-15(23-13)9-21(3,4)10-16(19)25/h5-8,20,23-24H,9-10H2,1-4H3/t20-/m1/s1. The molecule has 1 aromatic heterocycles. The van der Waals surface area contributed by atoms with Gasteiger partial charge in [0.1, 0.15) is 0 Å². The maximum Gasteiger partial charge on any atom is 0.163 e. The lowest BCUT2D eigenvalue weighted by Gasteiger charge is -2.33. The summed E-state index contributed by atoms with van der Waals surface area (Å²) < 4.78 is 0.741. The van der Waals surface area contributed by atoms with E-state index < -0.39 is 0 Å². The number of Topliss-reactive ketones (excluding diaryl/α,β-unsaturated/α-hetero) is 1. The van der Waals surface area contributed by atoms with Crippen molar-refractivity contribution in [2.24, 2.45) is 5.41 Å². The van der Waals surface area contributed by atoms with Gasteiger partial charge in [0.25, 0.3) is 0 Å². The number of benzene rings is 1. The van der Waals surface area contributed by atoms with Crippen molar-refractivity contribution in [1.29, 1.82) is 0 Å². The molecule has 0 fully saturated rings. The number of allylic oxidation sites excluding steroid dienone is 1. The van der Waals surface area contributed by atoms with Gasteiger partial charge < -0.3 is 10.6 Å². The van der Waals surface area contributed by atoms with E-state index in [1.165, 1.54) is 22.5 Å². The largest absolute Gasteiger partial charge is 0.372 e. The molecule has 136 valence electrons. The SMILES string of the molecule is Cc1cc2c(cc1C)N[C@H](c1ccc(Cl)s1)C1=C(CC(C)(C)CC1=O)N2. The molecule has 26 heavy (non-hydrogen) atoms. The number of fused-ring (bicyclic) bond motifs is 1. The number of hydrogen-bond acceptors (Lipinski definition) is 4. The molecular formula is C21H23ClN2OS. The van der Waals surface area contributed by atoms with Gasteiger partial charge in [0.05, 0.1) is 21.8 Å². The first-order valence-corrected chi connectivity index (χ1v) is 10.1. The first-order valence-electron chi connectivity index (χ1n) is 8.90. The van der Waals surface area contributed by atoms with E-state index in [4.69, 9.17) is 11.6 Å². The van der Waals surface area contributed by atoms with Gasteiger partial charge in [-0.05, 0) is 61.1 Å². The molecule has 1 aliphatic carbocycles. The second-order valence-electron chi connectivity index (χ2n) is 8.16. The van der Waals surface area contributed by atoms with Crippen LogP contribution in [0.3, 0.4) is 0 Å². The highest BCUT2D eigenvalue weighted by Crippen LogP contribution is 2.47. The maximum absolute atomic E-state index is 13.1. The lowest BCUT2D eigenvalue weighted by atomic mass is 9.74. The molecule has 0 spiro atoms. The molecule has 2 N–H and O–H groups in total. The first kappa shape index (κ1) is 17.6. The molecule has 0 radical (unpaired) electrons. The molecule has 0 bridgehead atoms. The van der Waals surface area contributed by atoms with E-state index in [9.17, 15) is 4.79 Å². The Hall–Kier alpha value is -1.78. The first-order chi connectivity index (χ1) is 12.2. The predicted molar refractivity (Wildman–Crippen MR) is 110 cm³/mol. The van der Waals surface area contributed by atoms with Crippen LogP contribution in [-0.2, 0) is 4.79 Å². The van der Waals surface area contributed by atoms with Crippen molar-refractivity contribution in [1.82, 2.24) is 0 Å². The molecule has 1 aliphatic heterocycles. The summed E-state index contributed by atoms with van der Waals surface area (Å²) >= 11 is 7.73. The highest BCUT2D eigenvalue weighted by Gasteiger charge is 2.39. The van der Waals surface area contributed by atoms with E-state index in [0.717, 1.165) is 38.3 Å². The summed E-state index contributed by atoms with van der Waals surface area (Å²) in [5.74, 6) is 0.215. The summed E-state index contributed by atoms with van der Waals surface area (Å²) in [6.07, 6.45) is 1.43. The van der Waals surface area contributed by atoms with Crippen LogP contribution >= 0.6 is 22.9 Å². The highest BCUT2D eigenvalue weighted by atomic mass is 35.5. The monoisotopic (exact) mass is 386 g/mol. The van der Waals surface area contributed by atoms with E-state index in [-0.39, 0.29) is 17.2 Å². The van der Waals surface area contributed by atoms with Crippen molar-refractivity contribution >= 4 is 40.1 Å². The minimum absolute atomic E-state index is 0.0369. The minimum atomic E-state index is -0.165. The van der Waals surface area contributed by atoms with Crippen LogP contribution in [0.2, 0.25) is 4.34 Å². The van der Waals surface area contributed by atoms with Gasteiger partial charge in [-0.25, -0.2) is 0 Å². The van der Waals surface area contributed by atoms with Crippen molar-refractivity contribution in [3.8, 4) is 0 Å². The lowest BCUT2D eigenvalue weighted by molar-refractivity contribution is -0.118. The van der Waals surface area contributed by atoms with Gasteiger partial charge in [-0.15, -0.1) is 11.3 Å². The average molecular weight is 387 g/mol. The summed E-state index contributed by atoms with van der Waals surface area (Å²) in [4.78, 5) is 14.2. The fourth-order valence-corrected chi connectivity index (χ4v) is 5.03. The molecule has 0 saturated carbocycles. The van der Waals surface area contributed by atoms with Crippen LogP contribution in [0.5, 0.6) is 0 Å². The smallest absolute Gasteiger partial charge is 0.163 e. The fraction of sp³-hybridized carbons (Fsp3) is 0.381. The van der Waals surface area contributed by atoms with Crippen LogP contribution in [0, 0.1) is 19.3 Å². The summed E-state index contributed by atoms with van der Waals surface area (Å²) in [7, 11) is 0. The molecule has 0 amide bonds. The van der Waals surface area contributed by atoms with Gasteiger partial charge in [0.2, 0.25) is 0 Å². The number of aryl methyl sites for hydroxylation is 2. The van der Waals surface area contributed by atoms with E-state index >= 15 is 0 Å². The van der Waals surface area contributed by atoms with E-state index in [1.54, 1.807) is 0 Å². The molecule has 1 aromatic carbocycles. The van der Waals surface area contributed by atoms with Gasteiger partial charge >= 0.3 is 0 Å². The molecule has 1 atom stereocenters. The quantitative estimate of drug-likeness (QED) is 0.609. The second kappa shape index (κ2) is 6.14. The number of carbonyl (C=O) groups is 1. The lowest BCUT2D eigenvalue weighted by Crippen LogP contribution is -2.31. The second-order valence-corrected chi connectivity index (χ2v) is 9.91. The van der Waals surface area contributed by atoms with Gasteiger partial charge in [0, 0.05) is 22.6 Å². The summed E-state index contributed by atoms with van der Waals surface area (Å²) in [6.45, 7) is 8.55. The molecular weight excluding hydrogens is 364 g/mol. The van der Waals surface area contributed by atoms with Crippen LogP contribution in [-0.4, -0.2) is 5.78 Å². The highest BCUT2D eigenvalue weighted by molar-refractivity contribution is 7.16. The fourth-order valence-electron chi connectivity index (χ4n) is 3.91. The number of rotatable bonds is 1.